The van der Waals surface area contributed by atoms with Crippen LogP contribution < -0.4 is 15.4 Å². The van der Waals surface area contributed by atoms with Crippen LogP contribution in [0.1, 0.15) is 28.4 Å². The minimum Gasteiger partial charge on any atom is -0.489 e. The van der Waals surface area contributed by atoms with Gasteiger partial charge >= 0.3 is 0 Å². The molecule has 0 aliphatic carbocycles. The maximum absolute atomic E-state index is 13.7. The van der Waals surface area contributed by atoms with Gasteiger partial charge in [0.15, 0.2) is 0 Å². The minimum absolute atomic E-state index is 0.0204. The van der Waals surface area contributed by atoms with Crippen LogP contribution in [0.25, 0.3) is 0 Å². The molecule has 3 aromatic carbocycles. The second kappa shape index (κ2) is 9.50. The van der Waals surface area contributed by atoms with Crippen molar-refractivity contribution in [3.05, 3.63) is 95.3 Å². The molecule has 3 aromatic rings. The van der Waals surface area contributed by atoms with Crippen molar-refractivity contribution in [2.45, 2.75) is 20.1 Å². The first-order chi connectivity index (χ1) is 14.0. The Morgan fingerprint density at radius 1 is 0.931 bits per heavy atom. The van der Waals surface area contributed by atoms with Crippen LogP contribution >= 0.6 is 0 Å². The van der Waals surface area contributed by atoms with Crippen LogP contribution in [0.3, 0.4) is 0 Å². The largest absolute Gasteiger partial charge is 0.489 e. The van der Waals surface area contributed by atoms with Crippen LogP contribution in [-0.4, -0.2) is 11.8 Å². The fourth-order valence-corrected chi connectivity index (χ4v) is 2.67. The van der Waals surface area contributed by atoms with Gasteiger partial charge < -0.3 is 15.4 Å². The van der Waals surface area contributed by atoms with E-state index in [2.05, 4.69) is 10.6 Å². The Labute approximate surface area is 168 Å². The Morgan fingerprint density at radius 2 is 1.62 bits per heavy atom. The molecule has 2 N–H and O–H groups in total. The number of amides is 2. The lowest BCUT2D eigenvalue weighted by Crippen LogP contribution is -2.23. The maximum atomic E-state index is 13.7. The molecule has 0 aliphatic rings. The van der Waals surface area contributed by atoms with Gasteiger partial charge in [-0.1, -0.05) is 42.5 Å². The summed E-state index contributed by atoms with van der Waals surface area (Å²) in [4.78, 5) is 23.5. The van der Waals surface area contributed by atoms with Gasteiger partial charge in [-0.2, -0.15) is 0 Å². The lowest BCUT2D eigenvalue weighted by molar-refractivity contribution is -0.114. The zero-order valence-electron chi connectivity index (χ0n) is 15.9. The molecule has 29 heavy (non-hydrogen) atoms. The van der Waals surface area contributed by atoms with Gasteiger partial charge in [0.25, 0.3) is 5.91 Å². The number of benzene rings is 3. The number of carbonyl (C=O) groups excluding carboxylic acids is 2. The molecule has 0 atom stereocenters. The van der Waals surface area contributed by atoms with Crippen molar-refractivity contribution < 1.29 is 18.7 Å². The SMILES string of the molecule is CC(=O)Nc1cc(C(=O)NCc2ccc(COc3ccccc3)cc2)ccc1F. The van der Waals surface area contributed by atoms with Crippen LogP contribution in [0.4, 0.5) is 10.1 Å². The Hall–Kier alpha value is -3.67. The Kier molecular flexibility index (Phi) is 6.58. The third-order valence-electron chi connectivity index (χ3n) is 4.16. The van der Waals surface area contributed by atoms with Crippen molar-refractivity contribution in [3.8, 4) is 5.75 Å². The van der Waals surface area contributed by atoms with Crippen molar-refractivity contribution in [3.63, 3.8) is 0 Å². The highest BCUT2D eigenvalue weighted by Gasteiger charge is 2.10. The smallest absolute Gasteiger partial charge is 0.251 e. The summed E-state index contributed by atoms with van der Waals surface area (Å²) < 4.78 is 19.4. The molecule has 0 aliphatic heterocycles. The Bertz CT molecular complexity index is 989. The molecule has 0 radical (unpaired) electrons. The quantitative estimate of drug-likeness (QED) is 0.630. The molecule has 0 bridgehead atoms. The van der Waals surface area contributed by atoms with E-state index in [1.165, 1.54) is 19.1 Å². The summed E-state index contributed by atoms with van der Waals surface area (Å²) >= 11 is 0. The predicted molar refractivity (Wildman–Crippen MR) is 109 cm³/mol. The van der Waals surface area contributed by atoms with Crippen molar-refractivity contribution in [2.24, 2.45) is 0 Å². The average Bonchev–Trinajstić information content (AvgIpc) is 2.73. The van der Waals surface area contributed by atoms with Gasteiger partial charge in [0.2, 0.25) is 5.91 Å². The first kappa shape index (κ1) is 20.1. The van der Waals surface area contributed by atoms with Gasteiger partial charge in [-0.25, -0.2) is 4.39 Å². The standard InChI is InChI=1S/C23H21FN2O3/c1-16(27)26-22-13-19(11-12-21(22)24)23(28)25-14-17-7-9-18(10-8-17)15-29-20-5-3-2-4-6-20/h2-13H,14-15H2,1H3,(H,25,28)(H,26,27). The zero-order chi connectivity index (χ0) is 20.6. The van der Waals surface area contributed by atoms with E-state index in [-0.39, 0.29) is 17.2 Å². The fraction of sp³-hybridized carbons (Fsp3) is 0.130. The highest BCUT2D eigenvalue weighted by atomic mass is 19.1. The average molecular weight is 392 g/mol. The van der Waals surface area contributed by atoms with E-state index in [4.69, 9.17) is 4.74 Å². The van der Waals surface area contributed by atoms with Crippen LogP contribution in [0.5, 0.6) is 5.75 Å². The molecule has 6 heteroatoms. The number of carbonyl (C=O) groups is 2. The molecule has 5 nitrogen and oxygen atoms in total. The molecule has 3 rings (SSSR count). The first-order valence-electron chi connectivity index (χ1n) is 9.12. The normalized spacial score (nSPS) is 10.3. The molecule has 0 fully saturated rings. The summed E-state index contributed by atoms with van der Waals surface area (Å²) in [6, 6.07) is 21.1. The van der Waals surface area contributed by atoms with Crippen LogP contribution in [0, 0.1) is 5.82 Å². The van der Waals surface area contributed by atoms with Gasteiger partial charge in [-0.05, 0) is 41.5 Å². The summed E-state index contributed by atoms with van der Waals surface area (Å²) in [6.45, 7) is 2.06. The fourth-order valence-electron chi connectivity index (χ4n) is 2.67. The van der Waals surface area contributed by atoms with Crippen molar-refractivity contribution in [1.82, 2.24) is 5.32 Å². The summed E-state index contributed by atoms with van der Waals surface area (Å²) in [6.07, 6.45) is 0. The molecule has 0 heterocycles. The Balaban J connectivity index is 1.54. The Morgan fingerprint density at radius 3 is 2.31 bits per heavy atom. The van der Waals surface area contributed by atoms with E-state index in [0.717, 1.165) is 22.9 Å². The number of para-hydroxylation sites is 1. The molecule has 0 unspecified atom stereocenters. The van der Waals surface area contributed by atoms with E-state index in [1.807, 2.05) is 54.6 Å². The molecule has 0 saturated carbocycles. The lowest BCUT2D eigenvalue weighted by Gasteiger charge is -2.09. The maximum Gasteiger partial charge on any atom is 0.251 e. The van der Waals surface area contributed by atoms with Crippen molar-refractivity contribution in [1.29, 1.82) is 0 Å². The molecule has 2 amide bonds. The van der Waals surface area contributed by atoms with Crippen LogP contribution in [-0.2, 0) is 17.9 Å². The summed E-state index contributed by atoms with van der Waals surface area (Å²) in [5.74, 6) is -0.544. The van der Waals surface area contributed by atoms with Crippen LogP contribution in [0.15, 0.2) is 72.8 Å². The number of rotatable bonds is 7. The van der Waals surface area contributed by atoms with Gasteiger partial charge in [-0.15, -0.1) is 0 Å². The highest BCUT2D eigenvalue weighted by molar-refractivity contribution is 5.96. The van der Waals surface area contributed by atoms with Gasteiger partial charge in [0, 0.05) is 19.0 Å². The van der Waals surface area contributed by atoms with E-state index in [0.29, 0.717) is 13.2 Å². The number of halogens is 1. The van der Waals surface area contributed by atoms with Crippen LogP contribution in [0.2, 0.25) is 0 Å². The number of nitrogens with one attached hydrogen (secondary N) is 2. The molecule has 0 aromatic heterocycles. The second-order valence-electron chi connectivity index (χ2n) is 6.48. The number of anilines is 1. The van der Waals surface area contributed by atoms with E-state index < -0.39 is 11.7 Å². The monoisotopic (exact) mass is 392 g/mol. The predicted octanol–water partition coefficient (Wildman–Crippen LogP) is 4.29. The zero-order valence-corrected chi connectivity index (χ0v) is 15.9. The number of ether oxygens (including phenoxy) is 1. The van der Waals surface area contributed by atoms with E-state index in [9.17, 15) is 14.0 Å². The highest BCUT2D eigenvalue weighted by Crippen LogP contribution is 2.17. The van der Waals surface area contributed by atoms with Crippen molar-refractivity contribution in [2.75, 3.05) is 5.32 Å². The molecular weight excluding hydrogens is 371 g/mol. The molecule has 0 spiro atoms. The summed E-state index contributed by atoms with van der Waals surface area (Å²) in [5, 5.41) is 5.15. The first-order valence-corrected chi connectivity index (χ1v) is 9.12. The molecular formula is C23H21FN2O3. The third kappa shape index (κ3) is 5.90. The number of hydrogen-bond donors (Lipinski definition) is 2. The molecule has 0 saturated heterocycles. The second-order valence-corrected chi connectivity index (χ2v) is 6.48. The minimum atomic E-state index is -0.593. The summed E-state index contributed by atoms with van der Waals surface area (Å²) in [5.41, 5.74) is 2.18. The van der Waals surface area contributed by atoms with E-state index in [1.54, 1.807) is 0 Å². The van der Waals surface area contributed by atoms with Gasteiger partial charge in [0.05, 0.1) is 5.69 Å². The number of hydrogen-bond acceptors (Lipinski definition) is 3. The van der Waals surface area contributed by atoms with Gasteiger partial charge in [-0.3, -0.25) is 9.59 Å². The topological polar surface area (TPSA) is 67.4 Å². The van der Waals surface area contributed by atoms with Crippen molar-refractivity contribution >= 4 is 17.5 Å². The van der Waals surface area contributed by atoms with Gasteiger partial charge in [0.1, 0.15) is 18.2 Å². The van der Waals surface area contributed by atoms with E-state index >= 15 is 0 Å². The third-order valence-corrected chi connectivity index (χ3v) is 4.16. The lowest BCUT2D eigenvalue weighted by atomic mass is 10.1. The molecule has 148 valence electrons. The summed E-state index contributed by atoms with van der Waals surface area (Å²) in [7, 11) is 0.